The Morgan fingerprint density at radius 2 is 2.12 bits per heavy atom. The molecular weight excluding hydrogens is 339 g/mol. The molecule has 0 unspecified atom stereocenters. The second-order valence-electron chi connectivity index (χ2n) is 5.58. The van der Waals surface area contributed by atoms with Gasteiger partial charge in [0, 0.05) is 23.1 Å². The van der Waals surface area contributed by atoms with Crippen LogP contribution in [0, 0.1) is 12.7 Å². The van der Waals surface area contributed by atoms with Gasteiger partial charge in [-0.05, 0) is 42.3 Å². The van der Waals surface area contributed by atoms with Gasteiger partial charge < -0.3 is 4.74 Å². The quantitative estimate of drug-likeness (QED) is 0.735. The number of ether oxygens (including phenoxy) is 1. The molecule has 1 aromatic heterocycles. The number of carbonyl (C=O) groups is 1. The number of aromatic nitrogens is 1. The van der Waals surface area contributed by atoms with Gasteiger partial charge in [0.2, 0.25) is 0 Å². The van der Waals surface area contributed by atoms with Crippen molar-refractivity contribution in [2.75, 3.05) is 12.4 Å². The zero-order chi connectivity index (χ0) is 17.8. The average molecular weight is 356 g/mol. The second-order valence-corrected chi connectivity index (χ2v) is 6.69. The number of nitrogens with one attached hydrogen (secondary N) is 1. The van der Waals surface area contributed by atoms with E-state index in [2.05, 4.69) is 10.3 Å². The van der Waals surface area contributed by atoms with Crippen LogP contribution in [0.3, 0.4) is 0 Å². The lowest BCUT2D eigenvalue weighted by Gasteiger charge is -2.04. The van der Waals surface area contributed by atoms with Crippen LogP contribution in [0.2, 0.25) is 0 Å². The van der Waals surface area contributed by atoms with Crippen LogP contribution < -0.4 is 10.1 Å². The SMILES string of the molecule is COc1cccc(C(=O)Nc2ncc(Cc3ccc(C)c(F)c3)s2)c1. The van der Waals surface area contributed by atoms with Gasteiger partial charge in [-0.25, -0.2) is 9.37 Å². The van der Waals surface area contributed by atoms with Gasteiger partial charge in [-0.1, -0.05) is 18.2 Å². The van der Waals surface area contributed by atoms with Crippen LogP contribution in [0.4, 0.5) is 9.52 Å². The Hall–Kier alpha value is -2.73. The minimum Gasteiger partial charge on any atom is -0.497 e. The number of carbonyl (C=O) groups excluding carboxylic acids is 1. The summed E-state index contributed by atoms with van der Waals surface area (Å²) in [6.45, 7) is 1.73. The molecule has 1 heterocycles. The van der Waals surface area contributed by atoms with E-state index in [0.29, 0.717) is 28.4 Å². The van der Waals surface area contributed by atoms with Crippen LogP contribution in [-0.2, 0) is 6.42 Å². The Morgan fingerprint density at radius 1 is 1.28 bits per heavy atom. The second kappa shape index (κ2) is 7.44. The minimum atomic E-state index is -0.249. The number of nitrogens with zero attached hydrogens (tertiary/aromatic N) is 1. The molecule has 3 aromatic rings. The van der Waals surface area contributed by atoms with E-state index in [9.17, 15) is 9.18 Å². The third-order valence-corrected chi connectivity index (χ3v) is 4.63. The number of rotatable bonds is 5. The lowest BCUT2D eigenvalue weighted by atomic mass is 10.1. The number of anilines is 1. The summed E-state index contributed by atoms with van der Waals surface area (Å²) in [7, 11) is 1.55. The van der Waals surface area contributed by atoms with Gasteiger partial charge in [0.1, 0.15) is 11.6 Å². The lowest BCUT2D eigenvalue weighted by molar-refractivity contribution is 0.102. The first kappa shape index (κ1) is 17.1. The van der Waals surface area contributed by atoms with Gasteiger partial charge in [-0.2, -0.15) is 0 Å². The Morgan fingerprint density at radius 3 is 2.88 bits per heavy atom. The molecule has 6 heteroatoms. The standard InChI is InChI=1S/C19H17FN2O2S/c1-12-6-7-13(9-17(12)20)8-16-11-21-19(25-16)22-18(23)14-4-3-5-15(10-14)24-2/h3-7,9-11H,8H2,1-2H3,(H,21,22,23). The molecule has 1 N–H and O–H groups in total. The van der Waals surface area contributed by atoms with Crippen molar-refractivity contribution in [3.05, 3.63) is 76.0 Å². The summed E-state index contributed by atoms with van der Waals surface area (Å²) in [6.07, 6.45) is 2.27. The predicted octanol–water partition coefficient (Wildman–Crippen LogP) is 4.44. The smallest absolute Gasteiger partial charge is 0.257 e. The fourth-order valence-electron chi connectivity index (χ4n) is 2.33. The fourth-order valence-corrected chi connectivity index (χ4v) is 3.17. The molecule has 128 valence electrons. The van der Waals surface area contributed by atoms with Crippen LogP contribution in [0.25, 0.3) is 0 Å². The van der Waals surface area contributed by atoms with Crippen molar-refractivity contribution in [3.63, 3.8) is 0 Å². The van der Waals surface area contributed by atoms with E-state index in [-0.39, 0.29) is 11.7 Å². The molecule has 0 atom stereocenters. The van der Waals surface area contributed by atoms with Crippen molar-refractivity contribution in [1.29, 1.82) is 0 Å². The van der Waals surface area contributed by atoms with Crippen molar-refractivity contribution in [2.24, 2.45) is 0 Å². The van der Waals surface area contributed by atoms with E-state index in [1.165, 1.54) is 17.4 Å². The van der Waals surface area contributed by atoms with Gasteiger partial charge >= 0.3 is 0 Å². The molecule has 0 bridgehead atoms. The monoisotopic (exact) mass is 356 g/mol. The maximum absolute atomic E-state index is 13.6. The van der Waals surface area contributed by atoms with Crippen molar-refractivity contribution in [3.8, 4) is 5.75 Å². The molecule has 0 fully saturated rings. The lowest BCUT2D eigenvalue weighted by Crippen LogP contribution is -2.11. The van der Waals surface area contributed by atoms with Crippen LogP contribution >= 0.6 is 11.3 Å². The summed E-state index contributed by atoms with van der Waals surface area (Å²) in [6, 6.07) is 12.1. The van der Waals surface area contributed by atoms with E-state index < -0.39 is 0 Å². The molecule has 25 heavy (non-hydrogen) atoms. The first-order valence-electron chi connectivity index (χ1n) is 7.70. The molecule has 3 rings (SSSR count). The zero-order valence-electron chi connectivity index (χ0n) is 13.9. The maximum atomic E-state index is 13.6. The molecule has 0 saturated carbocycles. The summed E-state index contributed by atoms with van der Waals surface area (Å²) in [5.41, 5.74) is 1.99. The van der Waals surface area contributed by atoms with Crippen LogP contribution in [0.5, 0.6) is 5.75 Å². The highest BCUT2D eigenvalue weighted by atomic mass is 32.1. The van der Waals surface area contributed by atoms with Gasteiger partial charge in [0.15, 0.2) is 5.13 Å². The largest absolute Gasteiger partial charge is 0.497 e. The number of aryl methyl sites for hydroxylation is 1. The highest BCUT2D eigenvalue weighted by molar-refractivity contribution is 7.15. The minimum absolute atomic E-state index is 0.214. The third kappa shape index (κ3) is 4.22. The highest BCUT2D eigenvalue weighted by Gasteiger charge is 2.11. The number of thiazole rings is 1. The molecule has 4 nitrogen and oxygen atoms in total. The summed E-state index contributed by atoms with van der Waals surface area (Å²) < 4.78 is 18.7. The van der Waals surface area contributed by atoms with Crippen LogP contribution in [0.1, 0.15) is 26.4 Å². The van der Waals surface area contributed by atoms with Gasteiger partial charge in [-0.3, -0.25) is 10.1 Å². The van der Waals surface area contributed by atoms with Crippen molar-refractivity contribution < 1.29 is 13.9 Å². The fraction of sp³-hybridized carbons (Fsp3) is 0.158. The van der Waals surface area contributed by atoms with Crippen molar-refractivity contribution >= 4 is 22.4 Å². The molecule has 0 spiro atoms. The molecule has 0 saturated heterocycles. The van der Waals surface area contributed by atoms with E-state index in [1.807, 2.05) is 6.07 Å². The molecule has 0 aliphatic rings. The normalized spacial score (nSPS) is 10.5. The summed E-state index contributed by atoms with van der Waals surface area (Å²) in [4.78, 5) is 17.5. The van der Waals surface area contributed by atoms with Gasteiger partial charge in [0.05, 0.1) is 7.11 Å². The highest BCUT2D eigenvalue weighted by Crippen LogP contribution is 2.23. The zero-order valence-corrected chi connectivity index (χ0v) is 14.7. The van der Waals surface area contributed by atoms with Crippen molar-refractivity contribution in [1.82, 2.24) is 4.98 Å². The summed E-state index contributed by atoms with van der Waals surface area (Å²) in [5, 5.41) is 3.28. The summed E-state index contributed by atoms with van der Waals surface area (Å²) in [5.74, 6) is 0.156. The topological polar surface area (TPSA) is 51.2 Å². The number of hydrogen-bond acceptors (Lipinski definition) is 4. The predicted molar refractivity (Wildman–Crippen MR) is 97.0 cm³/mol. The molecule has 0 aliphatic carbocycles. The number of benzene rings is 2. The molecular formula is C19H17FN2O2S. The van der Waals surface area contributed by atoms with E-state index in [4.69, 9.17) is 4.74 Å². The Balaban J connectivity index is 1.68. The van der Waals surface area contributed by atoms with Crippen LogP contribution in [0.15, 0.2) is 48.7 Å². The number of halogens is 1. The maximum Gasteiger partial charge on any atom is 0.257 e. The number of hydrogen-bond donors (Lipinski definition) is 1. The number of methoxy groups -OCH3 is 1. The first-order chi connectivity index (χ1) is 12.0. The molecule has 0 radical (unpaired) electrons. The first-order valence-corrected chi connectivity index (χ1v) is 8.52. The van der Waals surface area contributed by atoms with Crippen LogP contribution in [-0.4, -0.2) is 18.0 Å². The Labute approximate surface area is 149 Å². The number of amides is 1. The Bertz CT molecular complexity index is 908. The van der Waals surface area contributed by atoms with E-state index >= 15 is 0 Å². The van der Waals surface area contributed by atoms with Gasteiger partial charge in [0.25, 0.3) is 5.91 Å². The van der Waals surface area contributed by atoms with Gasteiger partial charge in [-0.15, -0.1) is 11.3 Å². The molecule has 1 amide bonds. The molecule has 0 aliphatic heterocycles. The van der Waals surface area contributed by atoms with E-state index in [0.717, 1.165) is 10.4 Å². The summed E-state index contributed by atoms with van der Waals surface area (Å²) >= 11 is 1.37. The average Bonchev–Trinajstić information content (AvgIpc) is 3.05. The van der Waals surface area contributed by atoms with Crippen molar-refractivity contribution in [2.45, 2.75) is 13.3 Å². The third-order valence-electron chi connectivity index (χ3n) is 3.72. The Kier molecular flexibility index (Phi) is 5.09. The molecule has 2 aromatic carbocycles. The van der Waals surface area contributed by atoms with E-state index in [1.54, 1.807) is 50.6 Å².